The normalized spacial score (nSPS) is 12.9. The lowest BCUT2D eigenvalue weighted by Crippen LogP contribution is -2.49. The molecule has 0 amide bonds. The van der Waals surface area contributed by atoms with Crippen molar-refractivity contribution in [2.45, 2.75) is 45.8 Å². The molecule has 0 aliphatic rings. The van der Waals surface area contributed by atoms with Crippen LogP contribution < -0.4 is 5.66 Å². The minimum atomic E-state index is -0.912. The first-order valence-corrected chi connectivity index (χ1v) is 5.02. The van der Waals surface area contributed by atoms with Crippen molar-refractivity contribution < 1.29 is 14.2 Å². The minimum absolute atomic E-state index is 0.657. The molecule has 0 aliphatic heterocycles. The average molecular weight is 209 g/mol. The Balaban J connectivity index is 2.57. The number of aliphatic hydroxyl groups is 1. The third-order valence-corrected chi connectivity index (χ3v) is 2.70. The predicted molar refractivity (Wildman–Crippen MR) is 60.3 cm³/mol. The van der Waals surface area contributed by atoms with Gasteiger partial charge in [-0.1, -0.05) is 0 Å². The van der Waals surface area contributed by atoms with E-state index in [-0.39, 0.29) is 0 Å². The molecule has 4 heteroatoms. The van der Waals surface area contributed by atoms with E-state index in [4.69, 9.17) is 9.07 Å². The molecule has 0 unspecified atom stereocenters. The van der Waals surface area contributed by atoms with Crippen LogP contribution in [0.2, 0.25) is 0 Å². The van der Waals surface area contributed by atoms with Crippen molar-refractivity contribution in [1.29, 1.82) is 0 Å². The lowest BCUT2D eigenvalue weighted by atomic mass is 9.85. The van der Waals surface area contributed by atoms with Crippen LogP contribution in [0, 0.1) is 6.92 Å². The fraction of sp³-hybridized carbons (Fsp3) is 0.636. The first kappa shape index (κ1) is 12.3. The van der Waals surface area contributed by atoms with Gasteiger partial charge in [-0.25, -0.2) is 0 Å². The molecule has 1 radical (unpaired) electrons. The standard InChI is InChI=1S/C11H18BO3/c1-8-6-7-9(14-8)12-15-11(4,5)10(2,3)13/h6-7,13H,1-5H3. The van der Waals surface area contributed by atoms with Crippen molar-refractivity contribution in [2.24, 2.45) is 0 Å². The fourth-order valence-corrected chi connectivity index (χ4v) is 0.866. The fourth-order valence-electron chi connectivity index (χ4n) is 0.866. The van der Waals surface area contributed by atoms with Crippen LogP contribution in [-0.4, -0.2) is 23.8 Å². The zero-order valence-electron chi connectivity index (χ0n) is 10.00. The van der Waals surface area contributed by atoms with Gasteiger partial charge in [-0.3, -0.25) is 0 Å². The Kier molecular flexibility index (Phi) is 3.31. The zero-order valence-corrected chi connectivity index (χ0v) is 10.00. The van der Waals surface area contributed by atoms with E-state index in [1.165, 1.54) is 7.48 Å². The molecule has 0 saturated carbocycles. The molecule has 1 aromatic heterocycles. The third-order valence-electron chi connectivity index (χ3n) is 2.70. The summed E-state index contributed by atoms with van der Waals surface area (Å²) < 4.78 is 10.9. The SMILES string of the molecule is Cc1ccc([B]OC(C)(C)C(C)(C)O)o1. The van der Waals surface area contributed by atoms with Gasteiger partial charge in [-0.05, 0) is 46.8 Å². The summed E-state index contributed by atoms with van der Waals surface area (Å²) in [5.74, 6) is 0.839. The molecule has 0 aromatic carbocycles. The second-order valence-corrected chi connectivity index (χ2v) is 4.75. The van der Waals surface area contributed by atoms with Crippen molar-refractivity contribution in [1.82, 2.24) is 0 Å². The van der Waals surface area contributed by atoms with Crippen LogP contribution in [0.25, 0.3) is 0 Å². The van der Waals surface area contributed by atoms with Crippen LogP contribution in [0.3, 0.4) is 0 Å². The summed E-state index contributed by atoms with van der Waals surface area (Å²) in [6, 6.07) is 3.70. The highest BCUT2D eigenvalue weighted by molar-refractivity contribution is 6.45. The van der Waals surface area contributed by atoms with Crippen LogP contribution in [0.1, 0.15) is 33.5 Å². The van der Waals surface area contributed by atoms with E-state index in [9.17, 15) is 5.11 Å². The van der Waals surface area contributed by atoms with Crippen LogP contribution in [0.4, 0.5) is 0 Å². The molecule has 3 nitrogen and oxygen atoms in total. The number of hydrogen-bond acceptors (Lipinski definition) is 3. The first-order valence-electron chi connectivity index (χ1n) is 5.02. The maximum atomic E-state index is 9.85. The van der Waals surface area contributed by atoms with E-state index in [0.717, 1.165) is 5.76 Å². The van der Waals surface area contributed by atoms with Gasteiger partial charge in [0.1, 0.15) is 0 Å². The maximum Gasteiger partial charge on any atom is 0.376 e. The summed E-state index contributed by atoms with van der Waals surface area (Å²) in [5.41, 5.74) is -0.913. The predicted octanol–water partition coefficient (Wildman–Crippen LogP) is 1.40. The summed E-state index contributed by atoms with van der Waals surface area (Å²) in [4.78, 5) is 0. The van der Waals surface area contributed by atoms with E-state index in [1.807, 2.05) is 32.9 Å². The molecular weight excluding hydrogens is 191 g/mol. The lowest BCUT2D eigenvalue weighted by Gasteiger charge is -2.37. The van der Waals surface area contributed by atoms with Gasteiger partial charge in [0.05, 0.1) is 22.6 Å². The number of hydrogen-bond donors (Lipinski definition) is 1. The molecular formula is C11H18BO3. The van der Waals surface area contributed by atoms with Gasteiger partial charge >= 0.3 is 7.48 Å². The molecule has 0 fully saturated rings. The molecule has 1 heterocycles. The highest BCUT2D eigenvalue weighted by atomic mass is 16.5. The molecule has 0 aliphatic carbocycles. The van der Waals surface area contributed by atoms with Crippen molar-refractivity contribution in [3.63, 3.8) is 0 Å². The van der Waals surface area contributed by atoms with Crippen molar-refractivity contribution >= 4 is 13.1 Å². The van der Waals surface area contributed by atoms with Gasteiger partial charge in [0.15, 0.2) is 0 Å². The summed E-state index contributed by atoms with van der Waals surface area (Å²) in [5, 5.41) is 9.85. The highest BCUT2D eigenvalue weighted by Gasteiger charge is 2.36. The summed E-state index contributed by atoms with van der Waals surface area (Å²) in [6.45, 7) is 8.97. The van der Waals surface area contributed by atoms with E-state index in [0.29, 0.717) is 5.66 Å². The quantitative estimate of drug-likeness (QED) is 0.762. The van der Waals surface area contributed by atoms with E-state index >= 15 is 0 Å². The molecule has 15 heavy (non-hydrogen) atoms. The molecule has 0 bridgehead atoms. The molecule has 0 saturated heterocycles. The number of furan rings is 1. The molecule has 1 N–H and O–H groups in total. The summed E-state index contributed by atoms with van der Waals surface area (Å²) in [6.07, 6.45) is 0. The second-order valence-electron chi connectivity index (χ2n) is 4.75. The first-order chi connectivity index (χ1) is 6.72. The van der Waals surface area contributed by atoms with Gasteiger partial charge in [-0.15, -0.1) is 0 Å². The number of aryl methyl sites for hydroxylation is 1. The Morgan fingerprint density at radius 1 is 1.27 bits per heavy atom. The Bertz CT molecular complexity index is 323. The third kappa shape index (κ3) is 3.11. The Morgan fingerprint density at radius 3 is 2.27 bits per heavy atom. The van der Waals surface area contributed by atoms with Gasteiger partial charge in [0.2, 0.25) is 0 Å². The van der Waals surface area contributed by atoms with Crippen molar-refractivity contribution in [3.05, 3.63) is 17.9 Å². The average Bonchev–Trinajstić information content (AvgIpc) is 2.46. The Morgan fingerprint density at radius 2 is 1.87 bits per heavy atom. The smallest absolute Gasteiger partial charge is 0.376 e. The molecule has 1 aromatic rings. The Hall–Kier alpha value is -0.735. The number of rotatable bonds is 4. The highest BCUT2D eigenvalue weighted by Crippen LogP contribution is 2.24. The van der Waals surface area contributed by atoms with Crippen molar-refractivity contribution in [3.8, 4) is 0 Å². The second kappa shape index (κ2) is 4.03. The summed E-state index contributed by atoms with van der Waals surface area (Å²) >= 11 is 0. The van der Waals surface area contributed by atoms with E-state index in [1.54, 1.807) is 13.8 Å². The lowest BCUT2D eigenvalue weighted by molar-refractivity contribution is -0.0895. The topological polar surface area (TPSA) is 42.6 Å². The zero-order chi connectivity index (χ0) is 11.7. The monoisotopic (exact) mass is 209 g/mol. The van der Waals surface area contributed by atoms with E-state index in [2.05, 4.69) is 0 Å². The van der Waals surface area contributed by atoms with Crippen LogP contribution in [-0.2, 0) is 4.65 Å². The molecule has 0 atom stereocenters. The largest absolute Gasteiger partial charge is 0.474 e. The summed E-state index contributed by atoms with van der Waals surface area (Å²) in [7, 11) is 1.53. The van der Waals surface area contributed by atoms with Gasteiger partial charge < -0.3 is 14.2 Å². The maximum absolute atomic E-state index is 9.85. The molecule has 0 spiro atoms. The van der Waals surface area contributed by atoms with Gasteiger partial charge in [-0.2, -0.15) is 0 Å². The Labute approximate surface area is 91.7 Å². The molecule has 1 rings (SSSR count). The van der Waals surface area contributed by atoms with Crippen LogP contribution in [0.5, 0.6) is 0 Å². The molecule has 83 valence electrons. The van der Waals surface area contributed by atoms with Gasteiger partial charge in [0, 0.05) is 0 Å². The van der Waals surface area contributed by atoms with Crippen LogP contribution in [0.15, 0.2) is 16.5 Å². The van der Waals surface area contributed by atoms with Crippen LogP contribution >= 0.6 is 0 Å². The van der Waals surface area contributed by atoms with E-state index < -0.39 is 11.2 Å². The minimum Gasteiger partial charge on any atom is -0.474 e. The van der Waals surface area contributed by atoms with Crippen molar-refractivity contribution in [2.75, 3.05) is 0 Å². The van der Waals surface area contributed by atoms with Gasteiger partial charge in [0.25, 0.3) is 0 Å².